The molecule has 0 bridgehead atoms. The Labute approximate surface area is 114 Å². The average Bonchev–Trinajstić information content (AvgIpc) is 2.82. The summed E-state index contributed by atoms with van der Waals surface area (Å²) >= 11 is 0. The van der Waals surface area contributed by atoms with Crippen LogP contribution in [-0.2, 0) is 9.59 Å². The van der Waals surface area contributed by atoms with Crippen molar-refractivity contribution in [3.05, 3.63) is 0 Å². The van der Waals surface area contributed by atoms with Crippen molar-refractivity contribution in [1.82, 2.24) is 15.5 Å². The van der Waals surface area contributed by atoms with Crippen LogP contribution >= 0.6 is 12.4 Å². The fraction of sp³-hybridized carbons (Fsp3) is 0.833. The molecule has 0 spiro atoms. The highest BCUT2D eigenvalue weighted by Crippen LogP contribution is 2.16. The van der Waals surface area contributed by atoms with E-state index in [9.17, 15) is 9.59 Å². The summed E-state index contributed by atoms with van der Waals surface area (Å²) in [4.78, 5) is 25.2. The molecule has 5 nitrogen and oxygen atoms in total. The fourth-order valence-corrected chi connectivity index (χ4v) is 2.56. The Bertz CT molecular complexity index is 306. The lowest BCUT2D eigenvalue weighted by Crippen LogP contribution is -2.55. The van der Waals surface area contributed by atoms with E-state index in [4.69, 9.17) is 0 Å². The third kappa shape index (κ3) is 3.59. The van der Waals surface area contributed by atoms with Crippen molar-refractivity contribution >= 4 is 24.2 Å². The second-order valence-electron chi connectivity index (χ2n) is 4.95. The number of nitrogens with zero attached hydrogens (tertiary/aromatic N) is 1. The standard InChI is InChI=1S/C12H21N3O2.ClH/c1-9-12(17)14-6-7-15(9)11(16)3-2-10-4-5-13-8-10;/h9-10,13H,2-8H2,1H3,(H,14,17);1H. The minimum Gasteiger partial charge on any atom is -0.353 e. The molecule has 0 radical (unpaired) electrons. The first kappa shape index (κ1) is 15.2. The van der Waals surface area contributed by atoms with Crippen molar-refractivity contribution in [3.8, 4) is 0 Å². The molecule has 2 heterocycles. The van der Waals surface area contributed by atoms with Gasteiger partial charge in [-0.25, -0.2) is 0 Å². The zero-order chi connectivity index (χ0) is 12.3. The average molecular weight is 276 g/mol. The Kier molecular flexibility index (Phi) is 5.88. The fourth-order valence-electron chi connectivity index (χ4n) is 2.56. The molecule has 2 saturated heterocycles. The van der Waals surface area contributed by atoms with Crippen LogP contribution < -0.4 is 10.6 Å². The maximum Gasteiger partial charge on any atom is 0.242 e. The topological polar surface area (TPSA) is 61.4 Å². The van der Waals surface area contributed by atoms with Crippen LogP contribution in [-0.4, -0.2) is 48.9 Å². The van der Waals surface area contributed by atoms with E-state index in [0.717, 1.165) is 19.5 Å². The SMILES string of the molecule is CC1C(=O)NCCN1C(=O)CCC1CCNC1.Cl. The molecule has 2 rings (SSSR count). The predicted molar refractivity (Wildman–Crippen MR) is 71.6 cm³/mol. The molecule has 6 heteroatoms. The number of carbonyl (C=O) groups excluding carboxylic acids is 2. The molecule has 0 aliphatic carbocycles. The first-order chi connectivity index (χ1) is 8.18. The van der Waals surface area contributed by atoms with Crippen molar-refractivity contribution in [2.24, 2.45) is 5.92 Å². The highest BCUT2D eigenvalue weighted by atomic mass is 35.5. The molecule has 104 valence electrons. The molecule has 0 saturated carbocycles. The lowest BCUT2D eigenvalue weighted by atomic mass is 10.0. The van der Waals surface area contributed by atoms with E-state index in [-0.39, 0.29) is 30.3 Å². The van der Waals surface area contributed by atoms with Gasteiger partial charge in [-0.15, -0.1) is 12.4 Å². The summed E-state index contributed by atoms with van der Waals surface area (Å²) in [6.45, 7) is 5.13. The Balaban J connectivity index is 0.00000162. The minimum atomic E-state index is -0.307. The molecule has 2 atom stereocenters. The van der Waals surface area contributed by atoms with Crippen molar-refractivity contribution in [3.63, 3.8) is 0 Å². The number of amides is 2. The van der Waals surface area contributed by atoms with Crippen LogP contribution in [0.1, 0.15) is 26.2 Å². The lowest BCUT2D eigenvalue weighted by Gasteiger charge is -2.33. The third-order valence-electron chi connectivity index (χ3n) is 3.75. The Morgan fingerprint density at radius 2 is 2.22 bits per heavy atom. The highest BCUT2D eigenvalue weighted by molar-refractivity contribution is 5.88. The van der Waals surface area contributed by atoms with Crippen LogP contribution in [0.4, 0.5) is 0 Å². The maximum absolute atomic E-state index is 12.0. The van der Waals surface area contributed by atoms with E-state index in [0.29, 0.717) is 25.4 Å². The van der Waals surface area contributed by atoms with E-state index in [1.54, 1.807) is 11.8 Å². The van der Waals surface area contributed by atoms with E-state index in [2.05, 4.69) is 10.6 Å². The molecule has 2 aliphatic heterocycles. The van der Waals surface area contributed by atoms with Crippen molar-refractivity contribution in [1.29, 1.82) is 0 Å². The van der Waals surface area contributed by atoms with Crippen molar-refractivity contribution in [2.45, 2.75) is 32.2 Å². The molecule has 0 aromatic carbocycles. The number of carbonyl (C=O) groups is 2. The van der Waals surface area contributed by atoms with E-state index < -0.39 is 0 Å². The van der Waals surface area contributed by atoms with Gasteiger partial charge >= 0.3 is 0 Å². The van der Waals surface area contributed by atoms with Gasteiger partial charge in [-0.2, -0.15) is 0 Å². The maximum atomic E-state index is 12.0. The van der Waals surface area contributed by atoms with E-state index in [1.807, 2.05) is 0 Å². The summed E-state index contributed by atoms with van der Waals surface area (Å²) in [5.41, 5.74) is 0. The van der Waals surface area contributed by atoms with E-state index >= 15 is 0 Å². The van der Waals surface area contributed by atoms with Gasteiger partial charge < -0.3 is 15.5 Å². The molecule has 2 aliphatic rings. The molecule has 18 heavy (non-hydrogen) atoms. The van der Waals surface area contributed by atoms with Crippen LogP contribution in [0, 0.1) is 5.92 Å². The van der Waals surface area contributed by atoms with Crippen LogP contribution in [0.15, 0.2) is 0 Å². The zero-order valence-corrected chi connectivity index (χ0v) is 11.6. The number of rotatable bonds is 3. The molecule has 2 N–H and O–H groups in total. The smallest absolute Gasteiger partial charge is 0.242 e. The summed E-state index contributed by atoms with van der Waals surface area (Å²) in [6, 6.07) is -0.307. The van der Waals surface area contributed by atoms with Gasteiger partial charge in [-0.05, 0) is 38.8 Å². The van der Waals surface area contributed by atoms with Crippen molar-refractivity contribution in [2.75, 3.05) is 26.2 Å². The molecule has 0 aromatic rings. The quantitative estimate of drug-likeness (QED) is 0.771. The number of halogens is 1. The Morgan fingerprint density at radius 1 is 1.44 bits per heavy atom. The second kappa shape index (κ2) is 6.95. The van der Waals surface area contributed by atoms with E-state index in [1.165, 1.54) is 6.42 Å². The van der Waals surface area contributed by atoms with Gasteiger partial charge in [0.05, 0.1) is 0 Å². The molecule has 2 amide bonds. The van der Waals surface area contributed by atoms with Gasteiger partial charge in [0, 0.05) is 19.5 Å². The van der Waals surface area contributed by atoms with Gasteiger partial charge in [0.2, 0.25) is 11.8 Å². The molecule has 2 unspecified atom stereocenters. The van der Waals surface area contributed by atoms with Crippen LogP contribution in [0.3, 0.4) is 0 Å². The molecular formula is C12H22ClN3O2. The van der Waals surface area contributed by atoms with Crippen LogP contribution in [0.25, 0.3) is 0 Å². The summed E-state index contributed by atoms with van der Waals surface area (Å²) < 4.78 is 0. The Hall–Kier alpha value is -0.810. The molecule has 2 fully saturated rings. The van der Waals surface area contributed by atoms with Crippen molar-refractivity contribution < 1.29 is 9.59 Å². The van der Waals surface area contributed by atoms with Gasteiger partial charge in [-0.1, -0.05) is 0 Å². The van der Waals surface area contributed by atoms with Gasteiger partial charge in [-0.3, -0.25) is 9.59 Å². The normalized spacial score (nSPS) is 27.6. The number of hydrogen-bond acceptors (Lipinski definition) is 3. The minimum absolute atomic E-state index is 0. The third-order valence-corrected chi connectivity index (χ3v) is 3.75. The molecular weight excluding hydrogens is 254 g/mol. The summed E-state index contributed by atoms with van der Waals surface area (Å²) in [5.74, 6) is 0.722. The van der Waals surface area contributed by atoms with Crippen LogP contribution in [0.2, 0.25) is 0 Å². The van der Waals surface area contributed by atoms with Gasteiger partial charge in [0.1, 0.15) is 6.04 Å². The van der Waals surface area contributed by atoms with Crippen LogP contribution in [0.5, 0.6) is 0 Å². The largest absolute Gasteiger partial charge is 0.353 e. The summed E-state index contributed by atoms with van der Waals surface area (Å²) in [5, 5.41) is 6.07. The predicted octanol–water partition coefficient (Wildman–Crippen LogP) is 0.145. The lowest BCUT2D eigenvalue weighted by molar-refractivity contribution is -0.142. The Morgan fingerprint density at radius 3 is 2.89 bits per heavy atom. The zero-order valence-electron chi connectivity index (χ0n) is 10.8. The van der Waals surface area contributed by atoms with Gasteiger partial charge in [0.15, 0.2) is 0 Å². The second-order valence-corrected chi connectivity index (χ2v) is 4.95. The molecule has 0 aromatic heterocycles. The highest BCUT2D eigenvalue weighted by Gasteiger charge is 2.29. The summed E-state index contributed by atoms with van der Waals surface area (Å²) in [6.07, 6.45) is 2.68. The van der Waals surface area contributed by atoms with Gasteiger partial charge in [0.25, 0.3) is 0 Å². The monoisotopic (exact) mass is 275 g/mol. The number of nitrogens with one attached hydrogen (secondary N) is 2. The number of piperazine rings is 1. The first-order valence-electron chi connectivity index (χ1n) is 6.46. The first-order valence-corrected chi connectivity index (χ1v) is 6.46. The summed E-state index contributed by atoms with van der Waals surface area (Å²) in [7, 11) is 0. The number of hydrogen-bond donors (Lipinski definition) is 2.